The molecule has 14 rings (SSSR count). The lowest BCUT2D eigenvalue weighted by Gasteiger charge is -2.40. The van der Waals surface area contributed by atoms with Crippen molar-refractivity contribution in [1.29, 1.82) is 0 Å². The Morgan fingerprint density at radius 2 is 0.753 bits per heavy atom. The molecule has 4 aliphatic rings. The smallest absolute Gasteiger partial charge is 0.341 e. The van der Waals surface area contributed by atoms with E-state index in [-0.39, 0.29) is 115 Å². The van der Waals surface area contributed by atoms with E-state index in [1.54, 1.807) is 130 Å². The normalized spacial score (nSPS) is 15.3. The Balaban J connectivity index is 0.000000190. The zero-order chi connectivity index (χ0) is 108. The maximum Gasteiger partial charge on any atom is 0.341 e. The van der Waals surface area contributed by atoms with E-state index in [0.717, 1.165) is 169 Å². The Labute approximate surface area is 930 Å². The van der Waals surface area contributed by atoms with Gasteiger partial charge in [-0.05, 0) is 282 Å². The molecule has 4 fully saturated rings. The van der Waals surface area contributed by atoms with Crippen LogP contribution in [0.4, 0.5) is 25.1 Å². The van der Waals surface area contributed by atoms with Gasteiger partial charge in [0.2, 0.25) is 5.95 Å². The summed E-state index contributed by atoms with van der Waals surface area (Å²) < 4.78 is 11.9. The van der Waals surface area contributed by atoms with Crippen LogP contribution in [0, 0.1) is 34.6 Å². The Bertz CT molecular complexity index is 5620. The van der Waals surface area contributed by atoms with Crippen LogP contribution in [0.2, 0.25) is 36.1 Å². The number of halogens is 7. The number of amides is 12. The van der Waals surface area contributed by atoms with Gasteiger partial charge >= 0.3 is 24.1 Å². The van der Waals surface area contributed by atoms with Crippen LogP contribution in [-0.2, 0) is 54.1 Å². The summed E-state index contributed by atoms with van der Waals surface area (Å²) in [4.78, 5) is 153. The number of imidazole rings is 2. The Morgan fingerprint density at radius 1 is 0.420 bits per heavy atom. The number of pyridine rings is 4. The molecule has 4 atom stereocenters. The number of piperidine rings is 4. The number of anilines is 1. The molecule has 4 saturated heterocycles. The minimum absolute atomic E-state index is 0.0119. The van der Waals surface area contributed by atoms with Crippen molar-refractivity contribution in [3.05, 3.63) is 231 Å². The number of likely N-dealkylation sites (tertiary alicyclic amines) is 4. The number of ether oxygens (including phenoxy) is 2. The van der Waals surface area contributed by atoms with Crippen molar-refractivity contribution in [3.8, 4) is 0 Å². The van der Waals surface area contributed by atoms with Gasteiger partial charge in [-0.2, -0.15) is 45.3 Å². The first-order chi connectivity index (χ1) is 72.1. The van der Waals surface area contributed by atoms with Crippen molar-refractivity contribution < 1.29 is 52.7 Å². The number of methoxy groups -OCH3 is 2. The third-order valence-corrected chi connectivity index (χ3v) is 31.9. The molecule has 0 radical (unpaired) electrons. The molecular formula is C104H141Cl7N24O11S4. The summed E-state index contributed by atoms with van der Waals surface area (Å²) in [7, 11) is 5.17. The van der Waals surface area contributed by atoms with Crippen LogP contribution < -0.4 is 42.7 Å². The monoisotopic (exact) mass is 2270 g/mol. The number of carbonyl (C=O) groups excluding carboxylic acids is 8. The summed E-state index contributed by atoms with van der Waals surface area (Å²) in [5.74, 6) is -0.400. The average molecular weight is 2280 g/mol. The number of thiophene rings is 4. The molecule has 10 aromatic heterocycles. The molecule has 0 aliphatic carbocycles. The molecule has 4 aliphatic heterocycles. The van der Waals surface area contributed by atoms with Gasteiger partial charge < -0.3 is 90.1 Å². The van der Waals surface area contributed by atoms with E-state index >= 15 is 0 Å². The van der Waals surface area contributed by atoms with Crippen molar-refractivity contribution in [2.75, 3.05) is 124 Å². The van der Waals surface area contributed by atoms with Crippen LogP contribution in [0.25, 0.3) is 0 Å². The van der Waals surface area contributed by atoms with Crippen LogP contribution in [0.15, 0.2) is 116 Å². The maximum absolute atomic E-state index is 13.3. The zero-order valence-corrected chi connectivity index (χ0v) is 95.7. The second kappa shape index (κ2) is 62.2. The Hall–Kier alpha value is -9.47. The highest BCUT2D eigenvalue weighted by Crippen LogP contribution is 2.32. The number of rotatable bonds is 43. The van der Waals surface area contributed by atoms with E-state index in [1.165, 1.54) is 0 Å². The van der Waals surface area contributed by atoms with E-state index in [0.29, 0.717) is 153 Å². The van der Waals surface area contributed by atoms with Gasteiger partial charge in [0.15, 0.2) is 0 Å². The summed E-state index contributed by atoms with van der Waals surface area (Å²) in [6, 6.07) is 16.2. The van der Waals surface area contributed by atoms with Crippen molar-refractivity contribution in [2.24, 2.45) is 7.05 Å². The van der Waals surface area contributed by atoms with Gasteiger partial charge in [-0.15, -0.1) is 0 Å². The first-order valence-corrected chi connectivity index (χ1v) is 57.1. The molecule has 10 aromatic rings. The quantitative estimate of drug-likeness (QED) is 0.00973. The van der Waals surface area contributed by atoms with E-state index in [4.69, 9.17) is 95.5 Å². The highest BCUT2D eigenvalue weighted by molar-refractivity contribution is 7.08. The molecule has 46 heteroatoms. The maximum atomic E-state index is 13.3. The highest BCUT2D eigenvalue weighted by Gasteiger charge is 2.37. The lowest BCUT2D eigenvalue weighted by Crippen LogP contribution is -2.52. The molecule has 0 aromatic carbocycles. The van der Waals surface area contributed by atoms with E-state index in [2.05, 4.69) is 165 Å². The fourth-order valence-electron chi connectivity index (χ4n) is 18.9. The molecule has 9 N–H and O–H groups in total. The van der Waals surface area contributed by atoms with Crippen molar-refractivity contribution >= 4 is 180 Å². The molecule has 0 bridgehead atoms. The molecule has 0 saturated carbocycles. The predicted molar refractivity (Wildman–Crippen MR) is 598 cm³/mol. The van der Waals surface area contributed by atoms with Gasteiger partial charge in [0, 0.05) is 206 Å². The first kappa shape index (κ1) is 121. The number of hydrogen-bond acceptors (Lipinski definition) is 25. The van der Waals surface area contributed by atoms with E-state index < -0.39 is 0 Å². The van der Waals surface area contributed by atoms with E-state index in [9.17, 15) is 38.4 Å². The Kier molecular flexibility index (Phi) is 50.0. The minimum Gasteiger partial charge on any atom is -0.385 e. The molecular weight excluding hydrogens is 2140 g/mol. The summed E-state index contributed by atoms with van der Waals surface area (Å²) in [6.07, 6.45) is 18.1. The molecule has 12 amide bonds. The van der Waals surface area contributed by atoms with Crippen LogP contribution in [0.3, 0.4) is 0 Å². The van der Waals surface area contributed by atoms with Crippen LogP contribution in [0.5, 0.6) is 0 Å². The van der Waals surface area contributed by atoms with E-state index in [1.807, 2.05) is 71.9 Å². The van der Waals surface area contributed by atoms with Crippen molar-refractivity contribution in [1.82, 2.24) is 116 Å². The van der Waals surface area contributed by atoms with Crippen LogP contribution in [-0.4, -0.2) is 294 Å². The zero-order valence-electron chi connectivity index (χ0n) is 87.2. The number of aryl methyl sites for hydroxylation is 6. The number of urea groups is 4. The number of carbonyl (C=O) groups is 8. The molecule has 816 valence electrons. The topological polar surface area (TPSA) is 384 Å². The number of nitrogens with one attached hydrogen (secondary N) is 9. The standard InChI is InChI=1S/C27H35Cl2N7O2S.C26H37Cl2N5O3S.C26H38ClN5O4S.C25H31Cl2N7O2S/c1-18-12-23(28)33-25(29)24(18)26(37)30-8-4-19(2)35-9-5-22(6-10-35)36(14-20-7-11-39-16-20)27(38)31-13-21-15-34(3)17-32-21;1-18-15-22(27)31-24(28)23(18)25(34)29-10-5-19(2)32-11-6-21(7-12-32)33(16-20-8-14-37-17-20)26(35)30-9-4-13-36-3;1-18-15-23(27)29-20(3)24(18)25(33)28-9-5-19(2)31-10-6-22(7-11-31)32(16-21-8-14-37-17-21)26(34)30-36-13-12-35-4;1-16-13-20(26)31-22(27)21(16)23(35)28-7-3-17(2)33-10-4-19(5-11-33)34(14-18-6-12-37-15-18)25(36)32-24-29-8-9-30-24/h7,11-12,15-17,19,22H,4-6,8-10,13-14H2,1-3H3,(H,30,37)(H,31,38);8,14-15,17,19,21H,4-7,9-13,16H2,1-3H3,(H,29,34)(H,30,35);8,14-15,17,19,22H,5-7,9-13,16H2,1-4H3,(H,28,33)(H,30,34);6,8-9,12-13,15,17,19H,3-5,7,10-11,14H2,1-2H3,(H,28,35)(H2,29,30,32,36)/t3*19-;17-/m1111/s1. The summed E-state index contributed by atoms with van der Waals surface area (Å²) >= 11 is 48.7. The van der Waals surface area contributed by atoms with Crippen molar-refractivity contribution in [2.45, 2.75) is 227 Å². The second-order valence-corrected chi connectivity index (χ2v) is 43.8. The lowest BCUT2D eigenvalue weighted by atomic mass is 10.0. The SMILES string of the molecule is COCCCNC(=O)N(Cc1ccsc1)C1CCN([C@H](C)CCNC(=O)c2c(C)cc(Cl)nc2Cl)CC1.COCCONC(=O)N(Cc1ccsc1)C1CCN([C@H](C)CCNC(=O)c2c(C)cc(Cl)nc2C)CC1.Cc1cc(Cl)nc(Cl)c1C(=O)NCC[C@@H](C)N1CCC(N(Cc2ccsc2)C(=O)NCc2cn(C)cn2)CC1.Cc1cc(Cl)nc(Cl)c1C(=O)NCC[C@@H](C)N1CCC(N(Cc2ccsc2)C(=O)Nc2ncc[nH]2)CC1. The first-order valence-electron chi connectivity index (χ1n) is 50.7. The van der Waals surface area contributed by atoms with Gasteiger partial charge in [0.1, 0.15) is 36.1 Å². The van der Waals surface area contributed by atoms with Gasteiger partial charge in [-0.3, -0.25) is 29.3 Å². The number of nitrogens with zero attached hydrogens (tertiary/aromatic N) is 15. The van der Waals surface area contributed by atoms with Crippen molar-refractivity contribution in [3.63, 3.8) is 0 Å². The number of hydroxylamine groups is 1. The molecule has 0 unspecified atom stereocenters. The number of aromatic amines is 1. The van der Waals surface area contributed by atoms with Gasteiger partial charge in [-0.1, -0.05) is 81.2 Å². The fraction of sp³-hybridized carbons (Fsp3) is 0.519. The number of H-pyrrole nitrogens is 1. The average Bonchev–Trinajstić information content (AvgIpc) is 0.969. The highest BCUT2D eigenvalue weighted by atomic mass is 35.5. The third kappa shape index (κ3) is 37.7. The molecule has 0 spiro atoms. The second-order valence-electron chi connectivity index (χ2n) is 38.1. The largest absolute Gasteiger partial charge is 0.385 e. The number of aromatic nitrogens is 8. The molecule has 35 nitrogen and oxygen atoms in total. The van der Waals surface area contributed by atoms with Gasteiger partial charge in [-0.25, -0.2) is 54.6 Å². The molecule has 14 heterocycles. The Morgan fingerprint density at radius 3 is 1.07 bits per heavy atom. The fourth-order valence-corrected chi connectivity index (χ4v) is 23.7. The molecule has 150 heavy (non-hydrogen) atoms. The van der Waals surface area contributed by atoms with Crippen LogP contribution in [0.1, 0.15) is 208 Å². The van der Waals surface area contributed by atoms with Gasteiger partial charge in [0.05, 0.1) is 59.7 Å². The summed E-state index contributed by atoms with van der Waals surface area (Å²) in [5, 5.41) is 38.9. The number of hydrogen-bond donors (Lipinski definition) is 9. The predicted octanol–water partition coefficient (Wildman–Crippen LogP) is 19.2. The lowest BCUT2D eigenvalue weighted by molar-refractivity contribution is 0.00769. The van der Waals surface area contributed by atoms with Crippen LogP contribution >= 0.6 is 127 Å². The third-order valence-electron chi connectivity index (χ3n) is 27.4. The minimum atomic E-state index is -0.246. The summed E-state index contributed by atoms with van der Waals surface area (Å²) in [6.45, 7) is 31.7. The van der Waals surface area contributed by atoms with Gasteiger partial charge in [0.25, 0.3) is 23.6 Å². The summed E-state index contributed by atoms with van der Waals surface area (Å²) in [5.41, 5.74) is 13.2.